The van der Waals surface area contributed by atoms with Crippen molar-refractivity contribution < 1.29 is 18.0 Å². The Morgan fingerprint density at radius 1 is 1.05 bits per heavy atom. The molecule has 41 heavy (non-hydrogen) atoms. The van der Waals surface area contributed by atoms with Crippen LogP contribution in [0.1, 0.15) is 45.1 Å². The van der Waals surface area contributed by atoms with Crippen LogP contribution in [0.4, 0.5) is 18.9 Å². The van der Waals surface area contributed by atoms with Gasteiger partial charge in [-0.25, -0.2) is 4.98 Å². The summed E-state index contributed by atoms with van der Waals surface area (Å²) in [6.07, 6.45) is 2.55. The van der Waals surface area contributed by atoms with Gasteiger partial charge in [0.1, 0.15) is 5.65 Å². The summed E-state index contributed by atoms with van der Waals surface area (Å²) in [6, 6.07) is 11.0. The number of rotatable bonds is 7. The number of pyridine rings is 1. The first kappa shape index (κ1) is 28.9. The molecule has 4 aromatic rings. The van der Waals surface area contributed by atoms with Crippen molar-refractivity contribution in [2.24, 2.45) is 0 Å². The molecule has 2 aromatic heterocycles. The molecule has 2 N–H and O–H groups in total. The number of carbonyl (C=O) groups is 1. The van der Waals surface area contributed by atoms with Crippen LogP contribution >= 0.6 is 11.6 Å². The molecule has 0 aliphatic carbocycles. The maximum Gasteiger partial charge on any atom is 0.416 e. The monoisotopic (exact) mass is 581 g/mol. The largest absolute Gasteiger partial charge is 0.416 e. The average Bonchev–Trinajstić information content (AvgIpc) is 3.44. The number of piperazine rings is 1. The minimum atomic E-state index is -4.54. The maximum atomic E-state index is 14.0. The van der Waals surface area contributed by atoms with Crippen molar-refractivity contribution in [1.29, 1.82) is 0 Å². The van der Waals surface area contributed by atoms with Gasteiger partial charge in [-0.2, -0.15) is 13.2 Å². The van der Waals surface area contributed by atoms with Crippen LogP contribution in [0.3, 0.4) is 0 Å². The van der Waals surface area contributed by atoms with Gasteiger partial charge >= 0.3 is 6.18 Å². The molecular formula is C31H31ClF3N5O. The number of halogens is 4. The van der Waals surface area contributed by atoms with E-state index < -0.39 is 17.6 Å². The summed E-state index contributed by atoms with van der Waals surface area (Å²) in [7, 11) is 0. The van der Waals surface area contributed by atoms with E-state index in [2.05, 4.69) is 27.1 Å². The fourth-order valence-corrected chi connectivity index (χ4v) is 5.28. The van der Waals surface area contributed by atoms with Gasteiger partial charge < -0.3 is 15.2 Å². The molecule has 0 radical (unpaired) electrons. The SMILES string of the molecule is CCN1CCN(Cc2ccc(NC(=O)c3ccc(C)c(C=Cc4cnc5[nH]ccc5c4Cl)c3)cc2C(F)(F)F)CC1. The van der Waals surface area contributed by atoms with Crippen LogP contribution in [0.5, 0.6) is 0 Å². The van der Waals surface area contributed by atoms with Crippen LogP contribution in [0, 0.1) is 6.92 Å². The first-order chi connectivity index (χ1) is 19.6. The van der Waals surface area contributed by atoms with E-state index >= 15 is 0 Å². The van der Waals surface area contributed by atoms with E-state index in [1.54, 1.807) is 30.6 Å². The zero-order valence-corrected chi connectivity index (χ0v) is 23.6. The molecule has 3 heterocycles. The van der Waals surface area contributed by atoms with Gasteiger partial charge in [-0.1, -0.05) is 42.8 Å². The molecule has 1 aliphatic rings. The lowest BCUT2D eigenvalue weighted by Crippen LogP contribution is -2.45. The molecule has 1 amide bonds. The number of hydrogen-bond acceptors (Lipinski definition) is 4. The highest BCUT2D eigenvalue weighted by Gasteiger charge is 2.34. The van der Waals surface area contributed by atoms with Crippen LogP contribution in [-0.4, -0.2) is 58.4 Å². The van der Waals surface area contributed by atoms with Crippen LogP contribution in [-0.2, 0) is 12.7 Å². The van der Waals surface area contributed by atoms with Gasteiger partial charge in [0.15, 0.2) is 0 Å². The van der Waals surface area contributed by atoms with E-state index in [9.17, 15) is 18.0 Å². The van der Waals surface area contributed by atoms with Gasteiger partial charge in [0, 0.05) is 67.3 Å². The zero-order valence-electron chi connectivity index (χ0n) is 22.9. The summed E-state index contributed by atoms with van der Waals surface area (Å²) in [5, 5.41) is 4.01. The second-order valence-corrected chi connectivity index (χ2v) is 10.6. The summed E-state index contributed by atoms with van der Waals surface area (Å²) >= 11 is 6.52. The van der Waals surface area contributed by atoms with E-state index in [0.29, 0.717) is 16.2 Å². The third kappa shape index (κ3) is 6.64. The minimum Gasteiger partial charge on any atom is -0.346 e. The number of H-pyrrole nitrogens is 1. The molecule has 0 bridgehead atoms. The third-order valence-corrected chi connectivity index (χ3v) is 7.93. The maximum absolute atomic E-state index is 14.0. The van der Waals surface area contributed by atoms with Gasteiger partial charge in [0.25, 0.3) is 5.91 Å². The Morgan fingerprint density at radius 3 is 2.51 bits per heavy atom. The lowest BCUT2D eigenvalue weighted by molar-refractivity contribution is -0.138. The summed E-state index contributed by atoms with van der Waals surface area (Å²) < 4.78 is 42.0. The second-order valence-electron chi connectivity index (χ2n) is 10.2. The zero-order chi connectivity index (χ0) is 29.1. The van der Waals surface area contributed by atoms with Crippen molar-refractivity contribution in [3.05, 3.63) is 93.3 Å². The molecule has 6 nitrogen and oxygen atoms in total. The topological polar surface area (TPSA) is 64.3 Å². The molecule has 1 saturated heterocycles. The summed E-state index contributed by atoms with van der Waals surface area (Å²) in [4.78, 5) is 24.8. The Labute approximate surface area is 241 Å². The first-order valence-corrected chi connectivity index (χ1v) is 13.9. The fraction of sp³-hybridized carbons (Fsp3) is 0.290. The minimum absolute atomic E-state index is 0.0946. The van der Waals surface area contributed by atoms with E-state index in [1.807, 2.05) is 30.0 Å². The Morgan fingerprint density at radius 2 is 1.78 bits per heavy atom. The molecule has 0 unspecified atom stereocenters. The summed E-state index contributed by atoms with van der Waals surface area (Å²) in [5.74, 6) is -0.496. The van der Waals surface area contributed by atoms with Gasteiger partial charge in [-0.3, -0.25) is 9.69 Å². The Hall–Kier alpha value is -3.66. The molecule has 0 spiro atoms. The first-order valence-electron chi connectivity index (χ1n) is 13.5. The van der Waals surface area contributed by atoms with Gasteiger partial charge in [0.05, 0.1) is 10.6 Å². The molecule has 214 valence electrons. The molecule has 0 atom stereocenters. The van der Waals surface area contributed by atoms with Gasteiger partial charge in [0.2, 0.25) is 0 Å². The number of alkyl halides is 3. The molecule has 10 heteroatoms. The quantitative estimate of drug-likeness (QED) is 0.244. The summed E-state index contributed by atoms with van der Waals surface area (Å²) in [6.45, 7) is 8.26. The molecule has 5 rings (SSSR count). The number of fused-ring (bicyclic) bond motifs is 1. The summed E-state index contributed by atoms with van der Waals surface area (Å²) in [5.41, 5.74) is 3.01. The number of anilines is 1. The normalized spacial score (nSPS) is 15.2. The van der Waals surface area contributed by atoms with E-state index in [-0.39, 0.29) is 17.8 Å². The predicted octanol–water partition coefficient (Wildman–Crippen LogP) is 7.10. The van der Waals surface area contributed by atoms with Gasteiger partial charge in [-0.05, 0) is 60.5 Å². The lowest BCUT2D eigenvalue weighted by atomic mass is 10.0. The Balaban J connectivity index is 1.32. The lowest BCUT2D eigenvalue weighted by Gasteiger charge is -2.34. The van der Waals surface area contributed by atoms with Crippen molar-refractivity contribution in [2.75, 3.05) is 38.0 Å². The molecule has 0 saturated carbocycles. The Bertz CT molecular complexity index is 1590. The van der Waals surface area contributed by atoms with E-state index in [1.165, 1.54) is 12.1 Å². The highest BCUT2D eigenvalue weighted by Crippen LogP contribution is 2.35. The smallest absolute Gasteiger partial charge is 0.346 e. The predicted molar refractivity (Wildman–Crippen MR) is 158 cm³/mol. The van der Waals surface area contributed by atoms with Crippen LogP contribution in [0.15, 0.2) is 54.9 Å². The molecule has 2 aromatic carbocycles. The van der Waals surface area contributed by atoms with Crippen molar-refractivity contribution >= 4 is 46.4 Å². The van der Waals surface area contributed by atoms with Crippen molar-refractivity contribution in [2.45, 2.75) is 26.6 Å². The van der Waals surface area contributed by atoms with Crippen molar-refractivity contribution in [3.63, 3.8) is 0 Å². The molecule has 1 aliphatic heterocycles. The number of aryl methyl sites for hydroxylation is 1. The number of aromatic nitrogens is 2. The number of hydrogen-bond donors (Lipinski definition) is 2. The Kier molecular flexibility index (Phi) is 8.49. The number of nitrogens with one attached hydrogen (secondary N) is 2. The molecule has 1 fully saturated rings. The number of aromatic amines is 1. The molecular weight excluding hydrogens is 551 g/mol. The number of carbonyl (C=O) groups excluding carboxylic acids is 1. The standard InChI is InChI=1S/C31H31ClF3N5O/c1-3-39-12-14-40(15-13-39)19-24-8-9-25(17-27(24)31(33,34)35)38-30(41)22-5-4-20(2)21(16-22)6-7-23-18-37-29-26(28(23)32)10-11-36-29/h4-11,16-18H,3,12-15,19H2,1-2H3,(H,36,37)(H,38,41). The van der Waals surface area contributed by atoms with Crippen LogP contribution < -0.4 is 5.32 Å². The van der Waals surface area contributed by atoms with Gasteiger partial charge in [-0.15, -0.1) is 0 Å². The number of nitrogens with zero attached hydrogens (tertiary/aromatic N) is 3. The van der Waals surface area contributed by atoms with Crippen molar-refractivity contribution in [1.82, 2.24) is 19.8 Å². The highest BCUT2D eigenvalue weighted by atomic mass is 35.5. The highest BCUT2D eigenvalue weighted by molar-refractivity contribution is 6.36. The number of likely N-dealkylation sites (N-methyl/N-ethyl adjacent to an activating group) is 1. The number of amides is 1. The van der Waals surface area contributed by atoms with Crippen LogP contribution in [0.25, 0.3) is 23.2 Å². The fourth-order valence-electron chi connectivity index (χ4n) is 5.01. The number of benzene rings is 2. The van der Waals surface area contributed by atoms with E-state index in [4.69, 9.17) is 11.6 Å². The second kappa shape index (κ2) is 12.1. The van der Waals surface area contributed by atoms with E-state index in [0.717, 1.165) is 60.9 Å². The van der Waals surface area contributed by atoms with Crippen molar-refractivity contribution in [3.8, 4) is 0 Å². The average molecular weight is 582 g/mol. The third-order valence-electron chi connectivity index (χ3n) is 7.51. The van der Waals surface area contributed by atoms with Crippen LogP contribution in [0.2, 0.25) is 5.02 Å².